The fourth-order valence-electron chi connectivity index (χ4n) is 3.61. The molecule has 0 radical (unpaired) electrons. The van der Waals surface area contributed by atoms with E-state index in [2.05, 4.69) is 34.1 Å². The Morgan fingerprint density at radius 3 is 2.45 bits per heavy atom. The lowest BCUT2D eigenvalue weighted by atomic mass is 10.1. The number of hydrogen-bond donors (Lipinski definition) is 1. The number of amides is 1. The van der Waals surface area contributed by atoms with Crippen LogP contribution in [0.5, 0.6) is 0 Å². The molecule has 4 nitrogen and oxygen atoms in total. The number of para-hydroxylation sites is 1. The van der Waals surface area contributed by atoms with E-state index < -0.39 is 0 Å². The summed E-state index contributed by atoms with van der Waals surface area (Å²) in [5.41, 5.74) is 5.11. The molecule has 4 aromatic rings. The number of methoxy groups -OCH3 is 1. The third-order valence-electron chi connectivity index (χ3n) is 4.98. The molecule has 4 rings (SSSR count). The molecule has 0 aliphatic carbocycles. The number of fused-ring (bicyclic) bond motifs is 1. The third-order valence-corrected chi connectivity index (χ3v) is 4.98. The van der Waals surface area contributed by atoms with Crippen molar-refractivity contribution < 1.29 is 9.53 Å². The molecular weight excluding hydrogens is 360 g/mol. The zero-order valence-electron chi connectivity index (χ0n) is 16.5. The van der Waals surface area contributed by atoms with Crippen LogP contribution >= 0.6 is 0 Å². The highest BCUT2D eigenvalue weighted by atomic mass is 16.5. The van der Waals surface area contributed by atoms with Crippen molar-refractivity contribution in [1.29, 1.82) is 0 Å². The number of carbonyl (C=O) groups excluding carboxylic acids is 1. The van der Waals surface area contributed by atoms with E-state index in [1.54, 1.807) is 7.11 Å². The molecule has 1 heterocycles. The Hall–Kier alpha value is -3.37. The van der Waals surface area contributed by atoms with Crippen LogP contribution in [0, 0.1) is 0 Å². The maximum Gasteiger partial charge on any atom is 0.253 e. The largest absolute Gasteiger partial charge is 0.380 e. The van der Waals surface area contributed by atoms with E-state index in [0.717, 1.165) is 28.6 Å². The van der Waals surface area contributed by atoms with E-state index >= 15 is 0 Å². The molecule has 0 bridgehead atoms. The summed E-state index contributed by atoms with van der Waals surface area (Å²) in [7, 11) is 1.68. The van der Waals surface area contributed by atoms with E-state index in [-0.39, 0.29) is 5.91 Å². The van der Waals surface area contributed by atoms with Gasteiger partial charge >= 0.3 is 0 Å². The van der Waals surface area contributed by atoms with Crippen LogP contribution in [-0.4, -0.2) is 17.6 Å². The Balaban J connectivity index is 1.55. The molecule has 0 saturated heterocycles. The van der Waals surface area contributed by atoms with Gasteiger partial charge in [0, 0.05) is 37.3 Å². The predicted molar refractivity (Wildman–Crippen MR) is 116 cm³/mol. The standard InChI is InChI=1S/C25H24N2O2/c1-29-18-21-11-7-10-20(14-21)15-26-25(28)23-17-27(16-19-8-3-2-4-9-19)24-13-6-5-12-22(23)24/h2-14,17H,15-16,18H2,1H3,(H,26,28). The molecular formula is C25H24N2O2. The molecule has 0 unspecified atom stereocenters. The first kappa shape index (κ1) is 19.0. The first-order chi connectivity index (χ1) is 14.2. The summed E-state index contributed by atoms with van der Waals surface area (Å²) in [6, 6.07) is 26.4. The van der Waals surface area contributed by atoms with Crippen LogP contribution in [0.25, 0.3) is 10.9 Å². The van der Waals surface area contributed by atoms with Gasteiger partial charge in [-0.3, -0.25) is 4.79 Å². The van der Waals surface area contributed by atoms with Crippen molar-refractivity contribution >= 4 is 16.8 Å². The van der Waals surface area contributed by atoms with Crippen LogP contribution in [0.2, 0.25) is 0 Å². The Morgan fingerprint density at radius 1 is 0.897 bits per heavy atom. The van der Waals surface area contributed by atoms with Crippen LogP contribution in [-0.2, 0) is 24.4 Å². The molecule has 4 heteroatoms. The van der Waals surface area contributed by atoms with Crippen molar-refractivity contribution in [1.82, 2.24) is 9.88 Å². The zero-order chi connectivity index (χ0) is 20.1. The molecule has 0 aliphatic heterocycles. The topological polar surface area (TPSA) is 43.3 Å². The summed E-state index contributed by atoms with van der Waals surface area (Å²) < 4.78 is 7.33. The number of benzene rings is 3. The van der Waals surface area contributed by atoms with Gasteiger partial charge in [0.2, 0.25) is 0 Å². The lowest BCUT2D eigenvalue weighted by Crippen LogP contribution is -2.22. The molecule has 0 atom stereocenters. The Bertz CT molecular complexity index is 1120. The van der Waals surface area contributed by atoms with E-state index in [0.29, 0.717) is 18.7 Å². The van der Waals surface area contributed by atoms with Crippen LogP contribution in [0.4, 0.5) is 0 Å². The smallest absolute Gasteiger partial charge is 0.253 e. The lowest BCUT2D eigenvalue weighted by Gasteiger charge is -2.07. The minimum Gasteiger partial charge on any atom is -0.380 e. The minimum absolute atomic E-state index is 0.0647. The van der Waals surface area contributed by atoms with Gasteiger partial charge in [-0.15, -0.1) is 0 Å². The Labute approximate surface area is 170 Å². The Morgan fingerprint density at radius 2 is 1.62 bits per heavy atom. The monoisotopic (exact) mass is 384 g/mol. The quantitative estimate of drug-likeness (QED) is 0.499. The van der Waals surface area contributed by atoms with Crippen molar-refractivity contribution in [2.75, 3.05) is 7.11 Å². The fourth-order valence-corrected chi connectivity index (χ4v) is 3.61. The van der Waals surface area contributed by atoms with Gasteiger partial charge in [-0.25, -0.2) is 0 Å². The molecule has 29 heavy (non-hydrogen) atoms. The minimum atomic E-state index is -0.0647. The normalized spacial score (nSPS) is 10.9. The van der Waals surface area contributed by atoms with E-state index in [4.69, 9.17) is 4.74 Å². The summed E-state index contributed by atoms with van der Waals surface area (Å²) in [6.07, 6.45) is 1.95. The highest BCUT2D eigenvalue weighted by molar-refractivity contribution is 6.07. The highest BCUT2D eigenvalue weighted by Crippen LogP contribution is 2.22. The van der Waals surface area contributed by atoms with Gasteiger partial charge in [-0.2, -0.15) is 0 Å². The van der Waals surface area contributed by atoms with Gasteiger partial charge in [0.15, 0.2) is 0 Å². The third kappa shape index (κ3) is 4.39. The summed E-state index contributed by atoms with van der Waals surface area (Å²) >= 11 is 0. The number of nitrogens with zero attached hydrogens (tertiary/aromatic N) is 1. The van der Waals surface area contributed by atoms with Crippen LogP contribution in [0.1, 0.15) is 27.0 Å². The SMILES string of the molecule is COCc1cccc(CNC(=O)c2cn(Cc3ccccc3)c3ccccc23)c1. The van der Waals surface area contributed by atoms with Crippen molar-refractivity contribution in [2.45, 2.75) is 19.7 Å². The van der Waals surface area contributed by atoms with Crippen molar-refractivity contribution in [3.8, 4) is 0 Å². The number of ether oxygens (including phenoxy) is 1. The van der Waals surface area contributed by atoms with Crippen LogP contribution in [0.15, 0.2) is 85.1 Å². The molecule has 146 valence electrons. The van der Waals surface area contributed by atoms with Crippen molar-refractivity contribution in [2.24, 2.45) is 0 Å². The predicted octanol–water partition coefficient (Wildman–Crippen LogP) is 4.77. The molecule has 0 aliphatic rings. The first-order valence-corrected chi connectivity index (χ1v) is 9.71. The van der Waals surface area contributed by atoms with Crippen LogP contribution < -0.4 is 5.32 Å². The first-order valence-electron chi connectivity index (χ1n) is 9.71. The maximum atomic E-state index is 13.0. The molecule has 1 N–H and O–H groups in total. The van der Waals surface area contributed by atoms with Gasteiger partial charge in [0.05, 0.1) is 12.2 Å². The number of nitrogens with one attached hydrogen (secondary N) is 1. The molecule has 0 saturated carbocycles. The zero-order valence-corrected chi connectivity index (χ0v) is 16.5. The second-order valence-corrected chi connectivity index (χ2v) is 7.11. The van der Waals surface area contributed by atoms with Gasteiger partial charge < -0.3 is 14.6 Å². The van der Waals surface area contributed by atoms with Crippen molar-refractivity contribution in [3.05, 3.63) is 107 Å². The van der Waals surface area contributed by atoms with Gasteiger partial charge in [-0.05, 0) is 22.8 Å². The summed E-state index contributed by atoms with van der Waals surface area (Å²) in [5.74, 6) is -0.0647. The number of hydrogen-bond acceptors (Lipinski definition) is 2. The van der Waals surface area contributed by atoms with Gasteiger partial charge in [-0.1, -0.05) is 72.8 Å². The lowest BCUT2D eigenvalue weighted by molar-refractivity contribution is 0.0952. The van der Waals surface area contributed by atoms with E-state index in [1.807, 2.05) is 60.8 Å². The van der Waals surface area contributed by atoms with E-state index in [9.17, 15) is 4.79 Å². The molecule has 1 amide bonds. The number of aromatic nitrogens is 1. The summed E-state index contributed by atoms with van der Waals surface area (Å²) in [4.78, 5) is 13.0. The summed E-state index contributed by atoms with van der Waals surface area (Å²) in [5, 5.41) is 4.03. The summed E-state index contributed by atoms with van der Waals surface area (Å²) in [6.45, 7) is 1.77. The van der Waals surface area contributed by atoms with E-state index in [1.165, 1.54) is 5.56 Å². The molecule has 0 spiro atoms. The Kier molecular flexibility index (Phi) is 5.73. The van der Waals surface area contributed by atoms with Gasteiger partial charge in [0.25, 0.3) is 5.91 Å². The fraction of sp³-hybridized carbons (Fsp3) is 0.160. The average Bonchev–Trinajstić information content (AvgIpc) is 3.12. The van der Waals surface area contributed by atoms with Crippen molar-refractivity contribution in [3.63, 3.8) is 0 Å². The number of carbonyl (C=O) groups is 1. The highest BCUT2D eigenvalue weighted by Gasteiger charge is 2.15. The second-order valence-electron chi connectivity index (χ2n) is 7.11. The number of rotatable bonds is 7. The molecule has 0 fully saturated rings. The van der Waals surface area contributed by atoms with Crippen LogP contribution in [0.3, 0.4) is 0 Å². The molecule has 3 aromatic carbocycles. The second kappa shape index (κ2) is 8.76. The molecule has 1 aromatic heterocycles. The van der Waals surface area contributed by atoms with Gasteiger partial charge in [0.1, 0.15) is 0 Å². The average molecular weight is 384 g/mol. The maximum absolute atomic E-state index is 13.0.